The minimum Gasteiger partial charge on any atom is -0.454 e. The van der Waals surface area contributed by atoms with Gasteiger partial charge in [-0.05, 0) is 49.1 Å². The molecule has 2 N–H and O–H groups in total. The van der Waals surface area contributed by atoms with Gasteiger partial charge in [0.05, 0.1) is 0 Å². The molecule has 0 aliphatic carbocycles. The van der Waals surface area contributed by atoms with Crippen molar-refractivity contribution in [2.75, 3.05) is 33.0 Å². The molecule has 0 radical (unpaired) electrons. The molecule has 2 aliphatic heterocycles. The molecule has 0 amide bonds. The smallest absolute Gasteiger partial charge is 0.231 e. The van der Waals surface area contributed by atoms with Crippen LogP contribution in [-0.4, -0.2) is 33.0 Å². The molecule has 1 aromatic carbocycles. The van der Waals surface area contributed by atoms with E-state index in [1.54, 1.807) is 0 Å². The van der Waals surface area contributed by atoms with Gasteiger partial charge in [0.25, 0.3) is 0 Å². The molecule has 3 rings (SSSR count). The fourth-order valence-electron chi connectivity index (χ4n) is 2.38. The van der Waals surface area contributed by atoms with Crippen molar-refractivity contribution in [1.82, 2.24) is 10.6 Å². The maximum Gasteiger partial charge on any atom is 0.231 e. The molecule has 2 aliphatic rings. The third-order valence-corrected chi connectivity index (χ3v) is 3.70. The molecule has 4 heteroatoms. The number of rotatable bonds is 5. The summed E-state index contributed by atoms with van der Waals surface area (Å²) in [6.45, 7) is 6.96. The van der Waals surface area contributed by atoms with E-state index in [1.165, 1.54) is 11.1 Å². The van der Waals surface area contributed by atoms with Gasteiger partial charge in [0.2, 0.25) is 6.79 Å². The average molecular weight is 248 g/mol. The maximum atomic E-state index is 5.41. The van der Waals surface area contributed by atoms with Gasteiger partial charge >= 0.3 is 0 Å². The Labute approximate surface area is 108 Å². The largest absolute Gasteiger partial charge is 0.454 e. The Morgan fingerprint density at radius 2 is 2.06 bits per heavy atom. The second-order valence-corrected chi connectivity index (χ2v) is 5.11. The first-order chi connectivity index (χ1) is 8.83. The van der Waals surface area contributed by atoms with Crippen LogP contribution in [0.25, 0.3) is 0 Å². The molecule has 98 valence electrons. The van der Waals surface area contributed by atoms with E-state index >= 15 is 0 Å². The van der Waals surface area contributed by atoms with Gasteiger partial charge in [-0.1, -0.05) is 0 Å². The number of nitrogens with one attached hydrogen (secondary N) is 2. The summed E-state index contributed by atoms with van der Waals surface area (Å²) < 4.78 is 10.8. The van der Waals surface area contributed by atoms with Crippen molar-refractivity contribution in [3.8, 4) is 11.5 Å². The average Bonchev–Trinajstić information content (AvgIpc) is 2.73. The fourth-order valence-corrected chi connectivity index (χ4v) is 2.38. The molecule has 0 spiro atoms. The van der Waals surface area contributed by atoms with Crippen molar-refractivity contribution >= 4 is 0 Å². The lowest BCUT2D eigenvalue weighted by Gasteiger charge is -2.27. The van der Waals surface area contributed by atoms with E-state index in [0.29, 0.717) is 6.79 Å². The highest BCUT2D eigenvalue weighted by Crippen LogP contribution is 2.34. The Morgan fingerprint density at radius 1 is 1.28 bits per heavy atom. The van der Waals surface area contributed by atoms with E-state index < -0.39 is 0 Å². The summed E-state index contributed by atoms with van der Waals surface area (Å²) in [7, 11) is 0. The molecule has 1 fully saturated rings. The van der Waals surface area contributed by atoms with Crippen molar-refractivity contribution in [3.63, 3.8) is 0 Å². The Bertz CT molecular complexity index is 430. The van der Waals surface area contributed by atoms with E-state index in [2.05, 4.69) is 29.7 Å². The van der Waals surface area contributed by atoms with Crippen molar-refractivity contribution in [3.05, 3.63) is 23.3 Å². The normalized spacial score (nSPS) is 17.8. The summed E-state index contributed by atoms with van der Waals surface area (Å²) in [5.41, 5.74) is 2.63. The topological polar surface area (TPSA) is 42.5 Å². The van der Waals surface area contributed by atoms with E-state index in [1.807, 2.05) is 0 Å². The summed E-state index contributed by atoms with van der Waals surface area (Å²) >= 11 is 0. The van der Waals surface area contributed by atoms with Gasteiger partial charge < -0.3 is 20.1 Å². The van der Waals surface area contributed by atoms with E-state index in [-0.39, 0.29) is 0 Å². The molecule has 1 saturated heterocycles. The SMILES string of the molecule is Cc1cc2c(cc1CCNCC1CNC1)OCO2. The van der Waals surface area contributed by atoms with Gasteiger partial charge in [0, 0.05) is 19.6 Å². The van der Waals surface area contributed by atoms with Crippen LogP contribution >= 0.6 is 0 Å². The minimum atomic E-state index is 0.352. The first-order valence-electron chi connectivity index (χ1n) is 6.63. The van der Waals surface area contributed by atoms with Crippen molar-refractivity contribution in [2.24, 2.45) is 5.92 Å². The lowest BCUT2D eigenvalue weighted by Crippen LogP contribution is -2.47. The summed E-state index contributed by atoms with van der Waals surface area (Å²) in [5.74, 6) is 2.59. The van der Waals surface area contributed by atoms with Crippen LogP contribution in [0, 0.1) is 12.8 Å². The second-order valence-electron chi connectivity index (χ2n) is 5.11. The van der Waals surface area contributed by atoms with E-state index in [0.717, 1.165) is 50.0 Å². The zero-order valence-electron chi connectivity index (χ0n) is 10.8. The Kier molecular flexibility index (Phi) is 3.39. The first-order valence-corrected chi connectivity index (χ1v) is 6.63. The number of ether oxygens (including phenoxy) is 2. The van der Waals surface area contributed by atoms with Crippen LogP contribution in [0.1, 0.15) is 11.1 Å². The summed E-state index contributed by atoms with van der Waals surface area (Å²) in [5, 5.41) is 6.81. The molecule has 0 unspecified atom stereocenters. The van der Waals surface area contributed by atoms with Crippen LogP contribution in [0.15, 0.2) is 12.1 Å². The zero-order chi connectivity index (χ0) is 12.4. The number of aryl methyl sites for hydroxylation is 1. The molecular formula is C14H20N2O2. The van der Waals surface area contributed by atoms with E-state index in [9.17, 15) is 0 Å². The van der Waals surface area contributed by atoms with Crippen LogP contribution in [0.2, 0.25) is 0 Å². The number of hydrogen-bond acceptors (Lipinski definition) is 4. The molecule has 0 bridgehead atoms. The third kappa shape index (κ3) is 2.44. The van der Waals surface area contributed by atoms with Gasteiger partial charge in [-0.2, -0.15) is 0 Å². The Balaban J connectivity index is 1.52. The Hall–Kier alpha value is -1.26. The number of fused-ring (bicyclic) bond motifs is 1. The molecule has 0 atom stereocenters. The highest BCUT2D eigenvalue weighted by molar-refractivity contribution is 5.48. The van der Waals surface area contributed by atoms with Crippen molar-refractivity contribution in [2.45, 2.75) is 13.3 Å². The lowest BCUT2D eigenvalue weighted by atomic mass is 10.0. The second kappa shape index (κ2) is 5.16. The number of hydrogen-bond donors (Lipinski definition) is 2. The van der Waals surface area contributed by atoms with Crippen molar-refractivity contribution < 1.29 is 9.47 Å². The Morgan fingerprint density at radius 3 is 2.78 bits per heavy atom. The van der Waals surface area contributed by atoms with Crippen LogP contribution in [0.3, 0.4) is 0 Å². The standard InChI is InChI=1S/C14H20N2O2/c1-10-4-13-14(18-9-17-13)5-12(10)2-3-15-6-11-7-16-8-11/h4-5,11,15-16H,2-3,6-9H2,1H3. The summed E-state index contributed by atoms with van der Waals surface area (Å²) in [6, 6.07) is 4.19. The summed E-state index contributed by atoms with van der Waals surface area (Å²) in [4.78, 5) is 0. The molecule has 4 nitrogen and oxygen atoms in total. The molecule has 0 saturated carbocycles. The van der Waals surface area contributed by atoms with Crippen LogP contribution in [0.5, 0.6) is 11.5 Å². The highest BCUT2D eigenvalue weighted by Gasteiger charge is 2.17. The number of benzene rings is 1. The highest BCUT2D eigenvalue weighted by atomic mass is 16.7. The monoisotopic (exact) mass is 248 g/mol. The molecular weight excluding hydrogens is 228 g/mol. The first kappa shape index (κ1) is 11.8. The van der Waals surface area contributed by atoms with E-state index in [4.69, 9.17) is 9.47 Å². The third-order valence-electron chi connectivity index (χ3n) is 3.70. The predicted molar refractivity (Wildman–Crippen MR) is 70.2 cm³/mol. The van der Waals surface area contributed by atoms with Gasteiger partial charge in [-0.25, -0.2) is 0 Å². The van der Waals surface area contributed by atoms with Crippen LogP contribution in [-0.2, 0) is 6.42 Å². The quantitative estimate of drug-likeness (QED) is 0.765. The van der Waals surface area contributed by atoms with Gasteiger partial charge in [-0.15, -0.1) is 0 Å². The van der Waals surface area contributed by atoms with Crippen LogP contribution < -0.4 is 20.1 Å². The summed E-state index contributed by atoms with van der Waals surface area (Å²) in [6.07, 6.45) is 1.04. The fraction of sp³-hybridized carbons (Fsp3) is 0.571. The molecule has 2 heterocycles. The molecule has 0 aromatic heterocycles. The predicted octanol–water partition coefficient (Wildman–Crippen LogP) is 1.08. The van der Waals surface area contributed by atoms with Gasteiger partial charge in [-0.3, -0.25) is 0 Å². The maximum absolute atomic E-state index is 5.41. The molecule has 1 aromatic rings. The van der Waals surface area contributed by atoms with Gasteiger partial charge in [0.15, 0.2) is 11.5 Å². The van der Waals surface area contributed by atoms with Crippen LogP contribution in [0.4, 0.5) is 0 Å². The molecule has 18 heavy (non-hydrogen) atoms. The lowest BCUT2D eigenvalue weighted by molar-refractivity contribution is 0.174. The zero-order valence-corrected chi connectivity index (χ0v) is 10.8. The van der Waals surface area contributed by atoms with Gasteiger partial charge in [0.1, 0.15) is 0 Å². The minimum absolute atomic E-state index is 0.352. The van der Waals surface area contributed by atoms with Crippen molar-refractivity contribution in [1.29, 1.82) is 0 Å².